The number of carboxylic acids is 1. The molecule has 0 fully saturated rings. The number of allylic oxidation sites excluding steroid dienone is 5. The van der Waals surface area contributed by atoms with Crippen molar-refractivity contribution < 1.29 is 19.4 Å². The number of carboxylic acid groups (broad SMARTS) is 1. The number of carbonyl (C=O) groups is 2. The third-order valence-corrected chi connectivity index (χ3v) is 7.55. The van der Waals surface area contributed by atoms with Gasteiger partial charge in [-0.25, -0.2) is 0 Å². The summed E-state index contributed by atoms with van der Waals surface area (Å²) in [6.45, 7) is 4.46. The third kappa shape index (κ3) is 32.5. The Bertz CT molecular complexity index is 664. The summed E-state index contributed by atoms with van der Waals surface area (Å²) in [5.41, 5.74) is 0. The van der Waals surface area contributed by atoms with Gasteiger partial charge in [-0.15, -0.1) is 0 Å². The molecular formula is C37H66O4. The molecule has 0 aliphatic heterocycles. The number of aliphatic carboxylic acids is 1. The molecule has 0 spiro atoms. The molecule has 238 valence electrons. The van der Waals surface area contributed by atoms with Crippen LogP contribution in [0.1, 0.15) is 181 Å². The van der Waals surface area contributed by atoms with Crippen molar-refractivity contribution in [1.29, 1.82) is 0 Å². The average Bonchev–Trinajstić information content (AvgIpc) is 2.95. The first-order valence-corrected chi connectivity index (χ1v) is 17.5. The van der Waals surface area contributed by atoms with Crippen molar-refractivity contribution in [2.45, 2.75) is 187 Å². The SMILES string of the molecule is CCC/C=C\C/C=C\CCCCCCCC(=O)OC(/C=C\CCCCCCCCC)CCCCCCCCC(=O)O. The summed E-state index contributed by atoms with van der Waals surface area (Å²) in [4.78, 5) is 23.2. The van der Waals surface area contributed by atoms with E-state index in [0.717, 1.165) is 77.0 Å². The maximum atomic E-state index is 12.6. The van der Waals surface area contributed by atoms with E-state index in [1.807, 2.05) is 0 Å². The highest BCUT2D eigenvalue weighted by molar-refractivity contribution is 5.69. The lowest BCUT2D eigenvalue weighted by atomic mass is 10.0. The van der Waals surface area contributed by atoms with Crippen molar-refractivity contribution in [3.8, 4) is 0 Å². The Morgan fingerprint density at radius 2 is 1.07 bits per heavy atom. The van der Waals surface area contributed by atoms with Crippen LogP contribution in [-0.4, -0.2) is 23.1 Å². The van der Waals surface area contributed by atoms with Gasteiger partial charge >= 0.3 is 11.9 Å². The van der Waals surface area contributed by atoms with E-state index < -0.39 is 5.97 Å². The second kappa shape index (κ2) is 32.7. The molecule has 0 aliphatic carbocycles. The molecule has 0 bridgehead atoms. The van der Waals surface area contributed by atoms with E-state index in [1.165, 1.54) is 77.0 Å². The minimum absolute atomic E-state index is 0.0525. The van der Waals surface area contributed by atoms with Crippen molar-refractivity contribution in [1.82, 2.24) is 0 Å². The number of hydrogen-bond acceptors (Lipinski definition) is 3. The van der Waals surface area contributed by atoms with Gasteiger partial charge in [-0.05, 0) is 70.3 Å². The summed E-state index contributed by atoms with van der Waals surface area (Å²) in [5, 5.41) is 8.75. The van der Waals surface area contributed by atoms with Gasteiger partial charge in [0, 0.05) is 12.8 Å². The molecule has 4 heteroatoms. The van der Waals surface area contributed by atoms with Crippen molar-refractivity contribution >= 4 is 11.9 Å². The fourth-order valence-corrected chi connectivity index (χ4v) is 4.95. The van der Waals surface area contributed by atoms with Crippen LogP contribution in [0.3, 0.4) is 0 Å². The van der Waals surface area contributed by atoms with Crippen molar-refractivity contribution in [2.75, 3.05) is 0 Å². The van der Waals surface area contributed by atoms with E-state index in [-0.39, 0.29) is 18.5 Å². The van der Waals surface area contributed by atoms with E-state index in [9.17, 15) is 9.59 Å². The molecule has 4 nitrogen and oxygen atoms in total. The van der Waals surface area contributed by atoms with Gasteiger partial charge in [0.05, 0.1) is 0 Å². The molecule has 1 atom stereocenters. The summed E-state index contributed by atoms with van der Waals surface area (Å²) in [7, 11) is 0. The molecule has 0 aromatic rings. The van der Waals surface area contributed by atoms with Gasteiger partial charge in [0.2, 0.25) is 0 Å². The zero-order valence-electron chi connectivity index (χ0n) is 27.1. The van der Waals surface area contributed by atoms with Crippen molar-refractivity contribution in [2.24, 2.45) is 0 Å². The Hall–Kier alpha value is -1.84. The smallest absolute Gasteiger partial charge is 0.306 e. The van der Waals surface area contributed by atoms with E-state index in [4.69, 9.17) is 9.84 Å². The summed E-state index contributed by atoms with van der Waals surface area (Å²) < 4.78 is 5.90. The molecule has 0 saturated carbocycles. The molecule has 0 amide bonds. The molecule has 1 unspecified atom stereocenters. The molecule has 0 radical (unpaired) electrons. The van der Waals surface area contributed by atoms with Gasteiger partial charge in [-0.3, -0.25) is 9.59 Å². The van der Waals surface area contributed by atoms with E-state index >= 15 is 0 Å². The van der Waals surface area contributed by atoms with Gasteiger partial charge in [-0.2, -0.15) is 0 Å². The van der Waals surface area contributed by atoms with E-state index in [2.05, 4.69) is 50.3 Å². The van der Waals surface area contributed by atoms with E-state index in [0.29, 0.717) is 6.42 Å². The number of rotatable bonds is 31. The van der Waals surface area contributed by atoms with Crippen LogP contribution in [0.4, 0.5) is 0 Å². The lowest BCUT2D eigenvalue weighted by molar-refractivity contribution is -0.147. The van der Waals surface area contributed by atoms with Crippen LogP contribution in [0.15, 0.2) is 36.5 Å². The minimum Gasteiger partial charge on any atom is -0.481 e. The summed E-state index contributed by atoms with van der Waals surface area (Å²) in [6, 6.07) is 0. The largest absolute Gasteiger partial charge is 0.481 e. The first kappa shape index (κ1) is 39.2. The third-order valence-electron chi connectivity index (χ3n) is 7.55. The average molecular weight is 575 g/mol. The van der Waals surface area contributed by atoms with Crippen LogP contribution in [0.2, 0.25) is 0 Å². The van der Waals surface area contributed by atoms with Gasteiger partial charge < -0.3 is 9.84 Å². The van der Waals surface area contributed by atoms with Crippen LogP contribution < -0.4 is 0 Å². The van der Waals surface area contributed by atoms with Gasteiger partial charge in [0.1, 0.15) is 6.10 Å². The maximum Gasteiger partial charge on any atom is 0.306 e. The van der Waals surface area contributed by atoms with Crippen LogP contribution >= 0.6 is 0 Å². The normalized spacial score (nSPS) is 12.6. The van der Waals surface area contributed by atoms with Crippen LogP contribution in [-0.2, 0) is 14.3 Å². The number of unbranched alkanes of at least 4 members (excludes halogenated alkanes) is 18. The lowest BCUT2D eigenvalue weighted by Crippen LogP contribution is -2.16. The fourth-order valence-electron chi connectivity index (χ4n) is 4.95. The van der Waals surface area contributed by atoms with Crippen LogP contribution in [0.5, 0.6) is 0 Å². The van der Waals surface area contributed by atoms with Gasteiger partial charge in [0.15, 0.2) is 0 Å². The standard InChI is InChI=1S/C37H66O4/c1-3-5-7-9-11-13-14-15-16-18-20-26-30-34-37(40)41-35(31-27-23-19-17-12-10-8-6-4-2)32-28-24-21-22-25-29-33-36(38)39/h7,9,13-14,27,31,35H,3-6,8,10-12,15-26,28-30,32-34H2,1-2H3,(H,38,39)/b9-7-,14-13-,31-27-. The summed E-state index contributed by atoms with van der Waals surface area (Å²) in [5.74, 6) is -0.754. The number of hydrogen-bond donors (Lipinski definition) is 1. The molecule has 1 N–H and O–H groups in total. The van der Waals surface area contributed by atoms with Crippen LogP contribution in [0, 0.1) is 0 Å². The Kier molecular flexibility index (Phi) is 31.2. The second-order valence-corrected chi connectivity index (χ2v) is 11.7. The molecule has 0 rings (SSSR count). The first-order valence-electron chi connectivity index (χ1n) is 17.5. The van der Waals surface area contributed by atoms with E-state index in [1.54, 1.807) is 0 Å². The predicted molar refractivity (Wildman–Crippen MR) is 176 cm³/mol. The van der Waals surface area contributed by atoms with Gasteiger partial charge in [0.25, 0.3) is 0 Å². The molecule has 0 aromatic heterocycles. The molecule has 0 saturated heterocycles. The molecule has 0 aromatic carbocycles. The highest BCUT2D eigenvalue weighted by Gasteiger charge is 2.11. The zero-order chi connectivity index (χ0) is 30.1. The fraction of sp³-hybridized carbons (Fsp3) is 0.784. The number of ether oxygens (including phenoxy) is 1. The quantitative estimate of drug-likeness (QED) is 0.0508. The number of esters is 1. The monoisotopic (exact) mass is 574 g/mol. The second-order valence-electron chi connectivity index (χ2n) is 11.7. The molecule has 0 heterocycles. The maximum absolute atomic E-state index is 12.6. The Morgan fingerprint density at radius 1 is 0.561 bits per heavy atom. The zero-order valence-corrected chi connectivity index (χ0v) is 27.1. The van der Waals surface area contributed by atoms with Crippen molar-refractivity contribution in [3.63, 3.8) is 0 Å². The Balaban J connectivity index is 4.16. The van der Waals surface area contributed by atoms with Crippen LogP contribution in [0.25, 0.3) is 0 Å². The molecular weight excluding hydrogens is 508 g/mol. The number of carbonyl (C=O) groups excluding carboxylic acids is 1. The van der Waals surface area contributed by atoms with Crippen molar-refractivity contribution in [3.05, 3.63) is 36.5 Å². The minimum atomic E-state index is -0.702. The Labute approximate surface area is 254 Å². The molecule has 0 aliphatic rings. The predicted octanol–water partition coefficient (Wildman–Crippen LogP) is 11.8. The van der Waals surface area contributed by atoms with Gasteiger partial charge in [-0.1, -0.05) is 134 Å². The lowest BCUT2D eigenvalue weighted by Gasteiger charge is -2.15. The highest BCUT2D eigenvalue weighted by Crippen LogP contribution is 2.15. The topological polar surface area (TPSA) is 63.6 Å². The Morgan fingerprint density at radius 3 is 1.68 bits per heavy atom. The molecule has 41 heavy (non-hydrogen) atoms. The summed E-state index contributed by atoms with van der Waals surface area (Å²) in [6.07, 6.45) is 41.6. The first-order chi connectivity index (χ1) is 20.1. The highest BCUT2D eigenvalue weighted by atomic mass is 16.5. The summed E-state index contributed by atoms with van der Waals surface area (Å²) >= 11 is 0.